The van der Waals surface area contributed by atoms with Crippen molar-refractivity contribution in [1.82, 2.24) is 19.8 Å². The number of hydrogen-bond acceptors (Lipinski definition) is 8. The zero-order valence-corrected chi connectivity index (χ0v) is 22.0. The molecule has 1 aromatic carbocycles. The highest BCUT2D eigenvalue weighted by atomic mass is 16.5. The van der Waals surface area contributed by atoms with Crippen LogP contribution < -0.4 is 19.7 Å². The lowest BCUT2D eigenvalue weighted by Gasteiger charge is -2.33. The maximum Gasteiger partial charge on any atom is 0.227 e. The zero-order chi connectivity index (χ0) is 24.9. The number of nitrogens with one attached hydrogen (secondary N) is 1. The Hall–Kier alpha value is -2.84. The second kappa shape index (κ2) is 11.5. The molecule has 3 aliphatic rings. The first-order valence-electron chi connectivity index (χ1n) is 13.3. The first-order chi connectivity index (χ1) is 17.6. The van der Waals surface area contributed by atoms with E-state index in [1.807, 2.05) is 12.1 Å². The van der Waals surface area contributed by atoms with Crippen molar-refractivity contribution in [3.8, 4) is 11.5 Å². The molecule has 8 heteroatoms. The van der Waals surface area contributed by atoms with Crippen LogP contribution in [0.2, 0.25) is 0 Å². The van der Waals surface area contributed by atoms with Gasteiger partial charge in [-0.25, -0.2) is 4.98 Å². The number of allylic oxidation sites excluding steroid dienone is 2. The first kappa shape index (κ1) is 24.8. The SMILES string of the molecule is COc1cc2nc(N3CCCN(C)CC3)nc(NC3CCN(CC4=CCCC=C4)CC3)c2cc1OC. The molecule has 36 heavy (non-hydrogen) atoms. The van der Waals surface area contributed by atoms with Gasteiger partial charge in [0.05, 0.1) is 19.7 Å². The predicted octanol–water partition coefficient (Wildman–Crippen LogP) is 3.94. The standard InChI is InChI=1S/C28H40N6O2/c1-32-12-7-13-34(17-16-32)28-30-24-19-26(36-3)25(35-2)18-23(24)27(31-28)29-22-10-14-33(15-11-22)20-21-8-5-4-6-9-21/h5,8-9,18-19,22H,4,6-7,10-17,20H2,1-3H3,(H,29,30,31). The molecule has 0 amide bonds. The van der Waals surface area contributed by atoms with Gasteiger partial charge in [0, 0.05) is 56.8 Å². The van der Waals surface area contributed by atoms with E-state index in [-0.39, 0.29) is 0 Å². The molecule has 3 heterocycles. The molecular weight excluding hydrogens is 452 g/mol. The lowest BCUT2D eigenvalue weighted by Crippen LogP contribution is -2.40. The summed E-state index contributed by atoms with van der Waals surface area (Å²) < 4.78 is 11.2. The van der Waals surface area contributed by atoms with Crippen LogP contribution >= 0.6 is 0 Å². The third-order valence-corrected chi connectivity index (χ3v) is 7.60. The number of rotatable bonds is 7. The fourth-order valence-corrected chi connectivity index (χ4v) is 5.41. The minimum absolute atomic E-state index is 0.381. The molecule has 2 saturated heterocycles. The highest BCUT2D eigenvalue weighted by molar-refractivity contribution is 5.93. The highest BCUT2D eigenvalue weighted by Gasteiger charge is 2.23. The van der Waals surface area contributed by atoms with Gasteiger partial charge in [-0.1, -0.05) is 18.2 Å². The van der Waals surface area contributed by atoms with Gasteiger partial charge in [-0.15, -0.1) is 0 Å². The smallest absolute Gasteiger partial charge is 0.227 e. The van der Waals surface area contributed by atoms with Gasteiger partial charge in [-0.2, -0.15) is 4.98 Å². The molecular formula is C28H40N6O2. The summed E-state index contributed by atoms with van der Waals surface area (Å²) in [5.74, 6) is 3.07. The molecule has 2 aliphatic heterocycles. The van der Waals surface area contributed by atoms with E-state index in [0.717, 1.165) is 87.7 Å². The summed E-state index contributed by atoms with van der Waals surface area (Å²) in [4.78, 5) is 17.3. The van der Waals surface area contributed by atoms with Crippen molar-refractivity contribution in [2.75, 3.05) is 77.3 Å². The molecule has 1 aromatic heterocycles. The number of piperidine rings is 1. The van der Waals surface area contributed by atoms with Crippen LogP contribution in [-0.2, 0) is 0 Å². The Labute approximate surface area is 215 Å². The van der Waals surface area contributed by atoms with Crippen molar-refractivity contribution in [3.63, 3.8) is 0 Å². The van der Waals surface area contributed by atoms with Crippen LogP contribution in [0.1, 0.15) is 32.1 Å². The Bertz CT molecular complexity index is 1110. The van der Waals surface area contributed by atoms with Crippen molar-refractivity contribution in [1.29, 1.82) is 0 Å². The van der Waals surface area contributed by atoms with Crippen LogP contribution in [0.3, 0.4) is 0 Å². The number of anilines is 2. The number of nitrogens with zero attached hydrogens (tertiary/aromatic N) is 5. The van der Waals surface area contributed by atoms with E-state index in [9.17, 15) is 0 Å². The molecule has 194 valence electrons. The van der Waals surface area contributed by atoms with Gasteiger partial charge in [0.1, 0.15) is 5.82 Å². The van der Waals surface area contributed by atoms with Crippen molar-refractivity contribution < 1.29 is 9.47 Å². The molecule has 0 unspecified atom stereocenters. The third-order valence-electron chi connectivity index (χ3n) is 7.60. The average Bonchev–Trinajstić information content (AvgIpc) is 3.14. The van der Waals surface area contributed by atoms with E-state index in [0.29, 0.717) is 17.5 Å². The van der Waals surface area contributed by atoms with E-state index in [2.05, 4.69) is 45.3 Å². The second-order valence-electron chi connectivity index (χ2n) is 10.2. The Morgan fingerprint density at radius 1 is 0.944 bits per heavy atom. The van der Waals surface area contributed by atoms with Crippen LogP contribution in [0.25, 0.3) is 10.9 Å². The fraction of sp³-hybridized carbons (Fsp3) is 0.571. The molecule has 0 spiro atoms. The Kier molecular flexibility index (Phi) is 7.92. The summed E-state index contributed by atoms with van der Waals surface area (Å²) in [6.45, 7) is 7.25. The van der Waals surface area contributed by atoms with Gasteiger partial charge in [-0.3, -0.25) is 4.90 Å². The fourth-order valence-electron chi connectivity index (χ4n) is 5.41. The minimum Gasteiger partial charge on any atom is -0.493 e. The summed E-state index contributed by atoms with van der Waals surface area (Å²) in [6, 6.07) is 4.36. The number of methoxy groups -OCH3 is 2. The van der Waals surface area contributed by atoms with Gasteiger partial charge in [0.15, 0.2) is 11.5 Å². The molecule has 0 atom stereocenters. The number of hydrogen-bond donors (Lipinski definition) is 1. The summed E-state index contributed by atoms with van der Waals surface area (Å²) >= 11 is 0. The second-order valence-corrected chi connectivity index (χ2v) is 10.2. The predicted molar refractivity (Wildman–Crippen MR) is 147 cm³/mol. The van der Waals surface area contributed by atoms with Crippen molar-refractivity contribution in [2.45, 2.75) is 38.1 Å². The Morgan fingerprint density at radius 3 is 2.50 bits per heavy atom. The highest BCUT2D eigenvalue weighted by Crippen LogP contribution is 2.36. The molecule has 2 aromatic rings. The van der Waals surface area contributed by atoms with Crippen LogP contribution in [0.5, 0.6) is 11.5 Å². The third kappa shape index (κ3) is 5.76. The van der Waals surface area contributed by atoms with Crippen molar-refractivity contribution in [3.05, 3.63) is 35.9 Å². The number of likely N-dealkylation sites (N-methyl/N-ethyl adjacent to an activating group) is 1. The Morgan fingerprint density at radius 2 is 1.75 bits per heavy atom. The summed E-state index contributed by atoms with van der Waals surface area (Å²) in [5, 5.41) is 4.78. The van der Waals surface area contributed by atoms with Crippen LogP contribution in [-0.4, -0.2) is 92.9 Å². The Balaban J connectivity index is 1.37. The molecule has 2 fully saturated rings. The number of fused-ring (bicyclic) bond motifs is 1. The topological polar surface area (TPSA) is 66.0 Å². The summed E-state index contributed by atoms with van der Waals surface area (Å²) in [6.07, 6.45) is 12.6. The van der Waals surface area contributed by atoms with Crippen molar-refractivity contribution in [2.24, 2.45) is 0 Å². The van der Waals surface area contributed by atoms with E-state index in [1.165, 1.54) is 18.4 Å². The molecule has 0 bridgehead atoms. The number of benzene rings is 1. The van der Waals surface area contributed by atoms with E-state index in [4.69, 9.17) is 19.4 Å². The largest absolute Gasteiger partial charge is 0.493 e. The normalized spacial score (nSPS) is 20.3. The average molecular weight is 493 g/mol. The van der Waals surface area contributed by atoms with Gasteiger partial charge in [-0.05, 0) is 57.3 Å². The molecule has 0 radical (unpaired) electrons. The monoisotopic (exact) mass is 492 g/mol. The maximum absolute atomic E-state index is 5.61. The number of likely N-dealkylation sites (tertiary alicyclic amines) is 1. The molecule has 8 nitrogen and oxygen atoms in total. The number of aromatic nitrogens is 2. The lowest BCUT2D eigenvalue weighted by atomic mass is 10.0. The van der Waals surface area contributed by atoms with Gasteiger partial charge in [0.25, 0.3) is 0 Å². The van der Waals surface area contributed by atoms with E-state index < -0.39 is 0 Å². The quantitative estimate of drug-likeness (QED) is 0.624. The van der Waals surface area contributed by atoms with Crippen LogP contribution in [0, 0.1) is 0 Å². The molecule has 1 aliphatic carbocycles. The molecule has 1 N–H and O–H groups in total. The first-order valence-corrected chi connectivity index (χ1v) is 13.3. The summed E-state index contributed by atoms with van der Waals surface area (Å²) in [5.41, 5.74) is 2.34. The molecule has 0 saturated carbocycles. The minimum atomic E-state index is 0.381. The molecule has 5 rings (SSSR count). The summed E-state index contributed by atoms with van der Waals surface area (Å²) in [7, 11) is 5.53. The van der Waals surface area contributed by atoms with Gasteiger partial charge < -0.3 is 24.6 Å². The maximum atomic E-state index is 5.61. The van der Waals surface area contributed by atoms with Gasteiger partial charge >= 0.3 is 0 Å². The van der Waals surface area contributed by atoms with Crippen LogP contribution in [0.15, 0.2) is 35.9 Å². The number of ether oxygens (including phenoxy) is 2. The van der Waals surface area contributed by atoms with E-state index >= 15 is 0 Å². The zero-order valence-electron chi connectivity index (χ0n) is 22.0. The van der Waals surface area contributed by atoms with Gasteiger partial charge in [0.2, 0.25) is 5.95 Å². The van der Waals surface area contributed by atoms with Crippen LogP contribution in [0.4, 0.5) is 11.8 Å². The lowest BCUT2D eigenvalue weighted by molar-refractivity contribution is 0.236. The van der Waals surface area contributed by atoms with Crippen molar-refractivity contribution >= 4 is 22.7 Å². The van der Waals surface area contributed by atoms with E-state index in [1.54, 1.807) is 14.2 Å².